The van der Waals surface area contributed by atoms with Crippen molar-refractivity contribution < 1.29 is 28.9 Å². The van der Waals surface area contributed by atoms with Gasteiger partial charge in [-0.15, -0.1) is 0 Å². The molecule has 0 bridgehead atoms. The number of carbonyl (C=O) groups excluding carboxylic acids is 2. The smallest absolute Gasteiger partial charge is 0.295 e. The van der Waals surface area contributed by atoms with Crippen LogP contribution in [0.25, 0.3) is 5.76 Å². The minimum absolute atomic E-state index is 0.0464. The van der Waals surface area contributed by atoms with Crippen LogP contribution in [-0.4, -0.2) is 79.7 Å². The van der Waals surface area contributed by atoms with Gasteiger partial charge in [-0.25, -0.2) is 0 Å². The maximum atomic E-state index is 13.3. The number of benzene rings is 2. The molecule has 0 saturated carbocycles. The molecule has 1 amide bonds. The Kier molecular flexibility index (Phi) is 7.49. The molecule has 2 aromatic rings. The molecule has 2 aliphatic rings. The van der Waals surface area contributed by atoms with Crippen LogP contribution < -0.4 is 9.47 Å². The molecule has 2 heterocycles. The van der Waals surface area contributed by atoms with Crippen molar-refractivity contribution in [1.82, 2.24) is 9.80 Å². The van der Waals surface area contributed by atoms with Gasteiger partial charge in [0.2, 0.25) is 0 Å². The predicted octanol–water partition coefficient (Wildman–Crippen LogP) is 2.85. The molecule has 2 fully saturated rings. The largest absolute Gasteiger partial charge is 0.507 e. The minimum atomic E-state index is -0.770. The lowest BCUT2D eigenvalue weighted by molar-refractivity contribution is -0.140. The fourth-order valence-corrected chi connectivity index (χ4v) is 4.46. The van der Waals surface area contributed by atoms with Crippen LogP contribution in [-0.2, 0) is 14.3 Å². The van der Waals surface area contributed by atoms with Crippen molar-refractivity contribution in [3.05, 3.63) is 65.2 Å². The summed E-state index contributed by atoms with van der Waals surface area (Å²) in [6, 6.07) is 13.4. The van der Waals surface area contributed by atoms with Gasteiger partial charge in [-0.2, -0.15) is 0 Å². The molecular formula is C26H30N2O6. The molecule has 8 heteroatoms. The first-order valence-electron chi connectivity index (χ1n) is 11.5. The van der Waals surface area contributed by atoms with Crippen molar-refractivity contribution in [2.75, 3.05) is 53.1 Å². The van der Waals surface area contributed by atoms with E-state index < -0.39 is 17.7 Å². The van der Waals surface area contributed by atoms with Gasteiger partial charge in [0.1, 0.15) is 17.3 Å². The number of nitrogens with zero attached hydrogens (tertiary/aromatic N) is 2. The molecule has 2 saturated heterocycles. The first-order chi connectivity index (χ1) is 16.5. The van der Waals surface area contributed by atoms with Crippen LogP contribution in [0.5, 0.6) is 11.5 Å². The van der Waals surface area contributed by atoms with Crippen LogP contribution in [0.15, 0.2) is 54.1 Å². The molecule has 0 aliphatic carbocycles. The van der Waals surface area contributed by atoms with Crippen molar-refractivity contribution >= 4 is 17.4 Å². The first-order valence-corrected chi connectivity index (χ1v) is 11.5. The number of carbonyl (C=O) groups is 2. The summed E-state index contributed by atoms with van der Waals surface area (Å²) in [4.78, 5) is 30.2. The fourth-order valence-electron chi connectivity index (χ4n) is 4.46. The molecule has 180 valence electrons. The van der Waals surface area contributed by atoms with Crippen LogP contribution in [0.1, 0.15) is 24.1 Å². The van der Waals surface area contributed by atoms with E-state index in [1.807, 2.05) is 25.1 Å². The highest BCUT2D eigenvalue weighted by atomic mass is 16.5. The highest BCUT2D eigenvalue weighted by molar-refractivity contribution is 6.46. The molecule has 2 aliphatic heterocycles. The Balaban J connectivity index is 1.77. The van der Waals surface area contributed by atoms with E-state index in [-0.39, 0.29) is 11.3 Å². The zero-order chi connectivity index (χ0) is 24.1. The quantitative estimate of drug-likeness (QED) is 0.364. The lowest BCUT2D eigenvalue weighted by atomic mass is 9.94. The van der Waals surface area contributed by atoms with E-state index >= 15 is 0 Å². The summed E-state index contributed by atoms with van der Waals surface area (Å²) in [5.41, 5.74) is 1.11. The summed E-state index contributed by atoms with van der Waals surface area (Å²) >= 11 is 0. The number of amides is 1. The van der Waals surface area contributed by atoms with Gasteiger partial charge < -0.3 is 24.2 Å². The summed E-state index contributed by atoms with van der Waals surface area (Å²) < 4.78 is 16.5. The van der Waals surface area contributed by atoms with Gasteiger partial charge in [-0.3, -0.25) is 14.5 Å². The fraction of sp³-hybridized carbons (Fsp3) is 0.385. The number of hydrogen-bond acceptors (Lipinski definition) is 7. The van der Waals surface area contributed by atoms with Gasteiger partial charge in [-0.05, 0) is 25.1 Å². The van der Waals surface area contributed by atoms with Crippen molar-refractivity contribution in [2.24, 2.45) is 0 Å². The maximum Gasteiger partial charge on any atom is 0.295 e. The minimum Gasteiger partial charge on any atom is -0.507 e. The van der Waals surface area contributed by atoms with E-state index in [1.54, 1.807) is 37.4 Å². The average Bonchev–Trinajstić information content (AvgIpc) is 3.12. The average molecular weight is 467 g/mol. The van der Waals surface area contributed by atoms with Crippen molar-refractivity contribution in [3.8, 4) is 11.5 Å². The van der Waals surface area contributed by atoms with Crippen LogP contribution in [0.4, 0.5) is 0 Å². The van der Waals surface area contributed by atoms with Crippen LogP contribution in [0, 0.1) is 0 Å². The normalized spacial score (nSPS) is 20.5. The summed E-state index contributed by atoms with van der Waals surface area (Å²) in [5.74, 6) is -0.463. The Morgan fingerprint density at radius 1 is 1.09 bits per heavy atom. The number of ether oxygens (including phenoxy) is 3. The summed E-state index contributed by atoms with van der Waals surface area (Å²) in [7, 11) is 1.55. The molecule has 4 rings (SSSR count). The van der Waals surface area contributed by atoms with E-state index in [0.717, 1.165) is 13.1 Å². The number of morpholine rings is 1. The van der Waals surface area contributed by atoms with Crippen molar-refractivity contribution in [2.45, 2.75) is 13.0 Å². The standard InChI is InChI=1S/C26H30N2O6/c1-3-34-19-8-6-7-18(17-19)24(29)22-23(20-9-4-5-10-21(20)32-2)28(26(31)25(22)30)12-11-27-13-15-33-16-14-27/h4-10,17,23,29H,3,11-16H2,1-2H3/b24-22+. The zero-order valence-corrected chi connectivity index (χ0v) is 19.5. The Morgan fingerprint density at radius 2 is 1.85 bits per heavy atom. The van der Waals surface area contributed by atoms with Crippen LogP contribution in [0.3, 0.4) is 0 Å². The van der Waals surface area contributed by atoms with Gasteiger partial charge in [0.15, 0.2) is 0 Å². The highest BCUT2D eigenvalue weighted by Crippen LogP contribution is 2.42. The molecule has 0 spiro atoms. The number of rotatable bonds is 8. The molecule has 1 N–H and O–H groups in total. The van der Waals surface area contributed by atoms with E-state index in [9.17, 15) is 14.7 Å². The SMILES string of the molecule is CCOc1cccc(/C(O)=C2\C(=O)C(=O)N(CCN3CCOCC3)C2c2ccccc2OC)c1. The van der Waals surface area contributed by atoms with E-state index in [0.29, 0.717) is 55.5 Å². The lowest BCUT2D eigenvalue weighted by Crippen LogP contribution is -2.42. The number of para-hydroxylation sites is 1. The molecule has 2 aromatic carbocycles. The third-order valence-corrected chi connectivity index (χ3v) is 6.15. The third-order valence-electron chi connectivity index (χ3n) is 6.15. The van der Waals surface area contributed by atoms with Gasteiger partial charge in [0.25, 0.3) is 11.7 Å². The Morgan fingerprint density at radius 3 is 2.59 bits per heavy atom. The number of methoxy groups -OCH3 is 1. The number of Topliss-reactive ketones (excluding diaryl/α,β-unsaturated/α-hetero) is 1. The maximum absolute atomic E-state index is 13.3. The molecular weight excluding hydrogens is 436 g/mol. The number of hydrogen-bond donors (Lipinski definition) is 1. The second-order valence-electron chi connectivity index (χ2n) is 8.15. The molecule has 1 unspecified atom stereocenters. The first kappa shape index (κ1) is 23.8. The topological polar surface area (TPSA) is 88.5 Å². The van der Waals surface area contributed by atoms with Gasteiger partial charge in [0, 0.05) is 37.3 Å². The Bertz CT molecular complexity index is 1080. The van der Waals surface area contributed by atoms with E-state index in [4.69, 9.17) is 14.2 Å². The Hall–Kier alpha value is -3.36. The number of ketones is 1. The zero-order valence-electron chi connectivity index (χ0n) is 19.5. The van der Waals surface area contributed by atoms with Crippen molar-refractivity contribution in [3.63, 3.8) is 0 Å². The number of aliphatic hydroxyl groups excluding tert-OH is 1. The molecule has 8 nitrogen and oxygen atoms in total. The van der Waals surface area contributed by atoms with Gasteiger partial charge >= 0.3 is 0 Å². The van der Waals surface area contributed by atoms with Gasteiger partial charge in [-0.1, -0.05) is 30.3 Å². The molecule has 0 aromatic heterocycles. The highest BCUT2D eigenvalue weighted by Gasteiger charge is 2.47. The predicted molar refractivity (Wildman–Crippen MR) is 127 cm³/mol. The van der Waals surface area contributed by atoms with Crippen LogP contribution >= 0.6 is 0 Å². The molecule has 1 atom stereocenters. The van der Waals surface area contributed by atoms with Crippen LogP contribution in [0.2, 0.25) is 0 Å². The number of likely N-dealkylation sites (tertiary alicyclic amines) is 1. The Labute approximate surface area is 199 Å². The molecule has 34 heavy (non-hydrogen) atoms. The van der Waals surface area contributed by atoms with Gasteiger partial charge in [0.05, 0.1) is 38.5 Å². The summed E-state index contributed by atoms with van der Waals surface area (Å²) in [6.07, 6.45) is 0. The summed E-state index contributed by atoms with van der Waals surface area (Å²) in [6.45, 7) is 6.10. The van der Waals surface area contributed by atoms with Crippen molar-refractivity contribution in [1.29, 1.82) is 0 Å². The lowest BCUT2D eigenvalue weighted by Gasteiger charge is -2.31. The number of aliphatic hydroxyl groups is 1. The second kappa shape index (κ2) is 10.7. The van der Waals surface area contributed by atoms with E-state index in [2.05, 4.69) is 4.90 Å². The molecule has 0 radical (unpaired) electrons. The second-order valence-corrected chi connectivity index (χ2v) is 8.15. The third kappa shape index (κ3) is 4.78. The van der Waals surface area contributed by atoms with E-state index in [1.165, 1.54) is 4.90 Å². The monoisotopic (exact) mass is 466 g/mol. The summed E-state index contributed by atoms with van der Waals surface area (Å²) in [5, 5.41) is 11.3.